The minimum absolute atomic E-state index is 0.113. The number of nitrogens with zero attached hydrogens (tertiary/aromatic N) is 3. The lowest BCUT2D eigenvalue weighted by molar-refractivity contribution is -0.275. The van der Waals surface area contributed by atoms with Crippen molar-refractivity contribution in [1.29, 1.82) is 0 Å². The first-order chi connectivity index (χ1) is 14.4. The molecule has 0 aliphatic heterocycles. The molecule has 31 heavy (non-hydrogen) atoms. The van der Waals surface area contributed by atoms with E-state index in [0.717, 1.165) is 41.1 Å². The van der Waals surface area contributed by atoms with Gasteiger partial charge in [-0.2, -0.15) is 0 Å². The van der Waals surface area contributed by atoms with E-state index in [4.69, 9.17) is 0 Å². The third-order valence-corrected chi connectivity index (χ3v) is 5.21. The van der Waals surface area contributed by atoms with Crippen LogP contribution in [-0.2, 0) is 10.0 Å². The molecule has 0 saturated carbocycles. The highest BCUT2D eigenvalue weighted by molar-refractivity contribution is 7.90. The molecule has 1 heterocycles. The third kappa shape index (κ3) is 4.79. The monoisotopic (exact) mass is 462 g/mol. The van der Waals surface area contributed by atoms with Crippen molar-refractivity contribution in [2.45, 2.75) is 18.2 Å². The first-order valence-electron chi connectivity index (χ1n) is 8.19. The number of para-hydroxylation sites is 1. The SMILES string of the molecule is Cc1c(C(=O)NS(=O)(=O)c2ccccc2OC(F)(F)F)nnn1-c1ccc(F)cc1F. The molecule has 0 radical (unpaired) electrons. The average molecular weight is 462 g/mol. The van der Waals surface area contributed by atoms with E-state index in [1.165, 1.54) is 6.92 Å². The van der Waals surface area contributed by atoms with Gasteiger partial charge in [-0.1, -0.05) is 17.3 Å². The van der Waals surface area contributed by atoms with E-state index in [2.05, 4.69) is 15.0 Å². The number of hydrogen-bond acceptors (Lipinski definition) is 6. The quantitative estimate of drug-likeness (QED) is 0.585. The fourth-order valence-corrected chi connectivity index (χ4v) is 3.61. The summed E-state index contributed by atoms with van der Waals surface area (Å²) in [6, 6.07) is 6.31. The fourth-order valence-electron chi connectivity index (χ4n) is 2.53. The molecule has 0 bridgehead atoms. The minimum Gasteiger partial charge on any atom is -0.404 e. The first kappa shape index (κ1) is 22.1. The number of rotatable bonds is 5. The Morgan fingerprint density at radius 2 is 1.81 bits per heavy atom. The molecule has 0 aliphatic carbocycles. The second-order valence-electron chi connectivity index (χ2n) is 5.96. The average Bonchev–Trinajstić information content (AvgIpc) is 3.02. The van der Waals surface area contributed by atoms with Crippen molar-refractivity contribution in [3.05, 3.63) is 65.5 Å². The van der Waals surface area contributed by atoms with Gasteiger partial charge in [0.2, 0.25) is 0 Å². The molecule has 1 N–H and O–H groups in total. The number of benzene rings is 2. The van der Waals surface area contributed by atoms with Crippen molar-refractivity contribution >= 4 is 15.9 Å². The van der Waals surface area contributed by atoms with Gasteiger partial charge in [-0.15, -0.1) is 18.3 Å². The van der Waals surface area contributed by atoms with E-state index < -0.39 is 50.3 Å². The van der Waals surface area contributed by atoms with Crippen LogP contribution in [-0.4, -0.2) is 35.7 Å². The Morgan fingerprint density at radius 1 is 1.13 bits per heavy atom. The van der Waals surface area contributed by atoms with Gasteiger partial charge in [-0.25, -0.2) is 26.6 Å². The second-order valence-corrected chi connectivity index (χ2v) is 7.61. The Labute approximate surface area is 171 Å². The van der Waals surface area contributed by atoms with Crippen LogP contribution in [0.25, 0.3) is 5.69 Å². The predicted octanol–water partition coefficient (Wildman–Crippen LogP) is 2.87. The highest BCUT2D eigenvalue weighted by Crippen LogP contribution is 2.29. The van der Waals surface area contributed by atoms with Gasteiger partial charge in [0.1, 0.15) is 22.1 Å². The van der Waals surface area contributed by atoms with E-state index in [0.29, 0.717) is 6.07 Å². The number of nitrogens with one attached hydrogen (secondary N) is 1. The number of amides is 1. The van der Waals surface area contributed by atoms with E-state index in [1.807, 2.05) is 0 Å². The molecule has 0 saturated heterocycles. The number of halogens is 5. The number of aromatic nitrogens is 3. The van der Waals surface area contributed by atoms with Crippen LogP contribution in [0.2, 0.25) is 0 Å². The smallest absolute Gasteiger partial charge is 0.404 e. The molecule has 3 aromatic rings. The molecule has 0 aliphatic rings. The summed E-state index contributed by atoms with van der Waals surface area (Å²) < 4.78 is 95.7. The van der Waals surface area contributed by atoms with Crippen LogP contribution in [0.4, 0.5) is 22.0 Å². The Balaban J connectivity index is 1.92. The molecule has 0 spiro atoms. The maximum Gasteiger partial charge on any atom is 0.573 e. The van der Waals surface area contributed by atoms with Crippen molar-refractivity contribution in [2.24, 2.45) is 0 Å². The van der Waals surface area contributed by atoms with E-state index in [-0.39, 0.29) is 11.4 Å². The maximum absolute atomic E-state index is 14.0. The molecule has 0 unspecified atom stereocenters. The van der Waals surface area contributed by atoms with Crippen molar-refractivity contribution in [2.75, 3.05) is 0 Å². The number of sulfonamides is 1. The van der Waals surface area contributed by atoms with Gasteiger partial charge in [0.05, 0.1) is 5.69 Å². The van der Waals surface area contributed by atoms with Gasteiger partial charge in [-0.05, 0) is 31.2 Å². The molecular formula is C17H11F5N4O4S. The lowest BCUT2D eigenvalue weighted by Crippen LogP contribution is -2.32. The van der Waals surface area contributed by atoms with Crippen LogP contribution in [0, 0.1) is 18.6 Å². The van der Waals surface area contributed by atoms with Gasteiger partial charge in [0.25, 0.3) is 15.9 Å². The van der Waals surface area contributed by atoms with E-state index in [9.17, 15) is 35.2 Å². The summed E-state index contributed by atoms with van der Waals surface area (Å²) in [5.74, 6) is -4.27. The van der Waals surface area contributed by atoms with E-state index >= 15 is 0 Å². The summed E-state index contributed by atoms with van der Waals surface area (Å²) >= 11 is 0. The number of alkyl halides is 3. The molecule has 1 aromatic heterocycles. The Morgan fingerprint density at radius 3 is 2.45 bits per heavy atom. The van der Waals surface area contributed by atoms with E-state index in [1.54, 1.807) is 4.72 Å². The van der Waals surface area contributed by atoms with Gasteiger partial charge >= 0.3 is 6.36 Å². The molecule has 2 aromatic carbocycles. The normalized spacial score (nSPS) is 11.9. The van der Waals surface area contributed by atoms with Crippen molar-refractivity contribution in [1.82, 2.24) is 19.7 Å². The van der Waals surface area contributed by atoms with Gasteiger partial charge in [0.15, 0.2) is 11.5 Å². The van der Waals surface area contributed by atoms with Crippen molar-refractivity contribution < 1.29 is 39.9 Å². The lowest BCUT2D eigenvalue weighted by Gasteiger charge is -2.13. The molecule has 1 amide bonds. The standard InChI is InChI=1S/C17H11F5N4O4S/c1-9-15(23-25-26(9)12-7-6-10(18)8-11(12)19)16(27)24-31(28,29)14-5-3-2-4-13(14)30-17(20,21)22/h2-8H,1H3,(H,24,27). The summed E-state index contributed by atoms with van der Waals surface area (Å²) in [5.41, 5.74) is -0.934. The number of hydrogen-bond donors (Lipinski definition) is 1. The van der Waals surface area contributed by atoms with Crippen molar-refractivity contribution in [3.8, 4) is 11.4 Å². The zero-order valence-corrected chi connectivity index (χ0v) is 16.1. The number of carbonyl (C=O) groups is 1. The van der Waals surface area contributed by atoms with Gasteiger partial charge in [0, 0.05) is 6.07 Å². The Hall–Kier alpha value is -3.55. The van der Waals surface area contributed by atoms with Crippen LogP contribution in [0.1, 0.15) is 16.2 Å². The molecule has 8 nitrogen and oxygen atoms in total. The van der Waals surface area contributed by atoms with Crippen LogP contribution >= 0.6 is 0 Å². The molecule has 14 heteroatoms. The molecular weight excluding hydrogens is 451 g/mol. The maximum atomic E-state index is 14.0. The van der Waals surface area contributed by atoms with Crippen molar-refractivity contribution in [3.63, 3.8) is 0 Å². The lowest BCUT2D eigenvalue weighted by atomic mass is 10.2. The van der Waals surface area contributed by atoms with Crippen LogP contribution in [0.15, 0.2) is 47.4 Å². The van der Waals surface area contributed by atoms with Gasteiger partial charge in [-0.3, -0.25) is 4.79 Å². The summed E-state index contributed by atoms with van der Waals surface area (Å²) in [6.07, 6.45) is -5.17. The highest BCUT2D eigenvalue weighted by Gasteiger charge is 2.34. The topological polar surface area (TPSA) is 103 Å². The third-order valence-electron chi connectivity index (χ3n) is 3.84. The van der Waals surface area contributed by atoms with Crippen LogP contribution < -0.4 is 9.46 Å². The van der Waals surface area contributed by atoms with Crippen LogP contribution in [0.3, 0.4) is 0 Å². The predicted molar refractivity (Wildman–Crippen MR) is 93.8 cm³/mol. The Bertz CT molecular complexity index is 1260. The number of ether oxygens (including phenoxy) is 1. The molecule has 3 rings (SSSR count). The molecule has 0 atom stereocenters. The second kappa shape index (κ2) is 7.94. The minimum atomic E-state index is -5.17. The largest absolute Gasteiger partial charge is 0.573 e. The summed E-state index contributed by atoms with van der Waals surface area (Å²) in [6.45, 7) is 1.25. The molecule has 0 fully saturated rings. The fraction of sp³-hybridized carbons (Fsp3) is 0.118. The Kier molecular flexibility index (Phi) is 5.67. The summed E-state index contributed by atoms with van der Waals surface area (Å²) in [4.78, 5) is 11.5. The zero-order chi connectivity index (χ0) is 23.0. The number of carbonyl (C=O) groups excluding carboxylic acids is 1. The van der Waals surface area contributed by atoms with Gasteiger partial charge < -0.3 is 4.74 Å². The summed E-state index contributed by atoms with van der Waals surface area (Å²) in [7, 11) is -4.82. The molecule has 164 valence electrons. The zero-order valence-electron chi connectivity index (χ0n) is 15.3. The summed E-state index contributed by atoms with van der Waals surface area (Å²) in [5, 5.41) is 7.02. The first-order valence-corrected chi connectivity index (χ1v) is 9.67. The highest BCUT2D eigenvalue weighted by atomic mass is 32.2. The van der Waals surface area contributed by atoms with Crippen LogP contribution in [0.5, 0.6) is 5.75 Å².